The number of aromatic nitrogens is 2. The summed E-state index contributed by atoms with van der Waals surface area (Å²) >= 11 is 5.42. The van der Waals surface area contributed by atoms with Crippen LogP contribution in [0.2, 0.25) is 0 Å². The Morgan fingerprint density at radius 1 is 1.17 bits per heavy atom. The molecule has 1 aliphatic heterocycles. The van der Waals surface area contributed by atoms with Crippen LogP contribution in [0.5, 0.6) is 0 Å². The molecule has 154 valence electrons. The highest BCUT2D eigenvalue weighted by Gasteiger charge is 2.31. The molecule has 0 fully saturated rings. The SMILES string of the molecule is CCCCCCSc1nc2sc3c(c2c(=O)n1-c1ccccc1)CC(C)(C)SC3. The number of rotatable bonds is 7. The Morgan fingerprint density at radius 2 is 1.97 bits per heavy atom. The van der Waals surface area contributed by atoms with Gasteiger partial charge in [0.25, 0.3) is 5.56 Å². The van der Waals surface area contributed by atoms with E-state index in [9.17, 15) is 4.79 Å². The summed E-state index contributed by atoms with van der Waals surface area (Å²) in [7, 11) is 0. The molecule has 3 nitrogen and oxygen atoms in total. The van der Waals surface area contributed by atoms with E-state index >= 15 is 0 Å². The molecule has 1 aromatic carbocycles. The molecule has 0 bridgehead atoms. The predicted molar refractivity (Wildman–Crippen MR) is 129 cm³/mol. The highest BCUT2D eigenvalue weighted by molar-refractivity contribution is 8.00. The van der Waals surface area contributed by atoms with Crippen molar-refractivity contribution in [2.24, 2.45) is 0 Å². The Morgan fingerprint density at radius 3 is 2.72 bits per heavy atom. The van der Waals surface area contributed by atoms with Gasteiger partial charge in [-0.2, -0.15) is 0 Å². The lowest BCUT2D eigenvalue weighted by molar-refractivity contribution is 0.698. The van der Waals surface area contributed by atoms with Crippen LogP contribution in [0.3, 0.4) is 0 Å². The Bertz CT molecular complexity index is 1050. The quantitative estimate of drug-likeness (QED) is 0.231. The third-order valence-corrected chi connectivity index (χ3v) is 9.01. The highest BCUT2D eigenvalue weighted by Crippen LogP contribution is 2.44. The summed E-state index contributed by atoms with van der Waals surface area (Å²) in [6.07, 6.45) is 5.83. The van der Waals surface area contributed by atoms with Gasteiger partial charge in [0.2, 0.25) is 0 Å². The number of para-hydroxylation sites is 1. The second kappa shape index (κ2) is 8.86. The van der Waals surface area contributed by atoms with Gasteiger partial charge in [-0.3, -0.25) is 9.36 Å². The van der Waals surface area contributed by atoms with Gasteiger partial charge in [-0.05, 0) is 30.5 Å². The Labute approximate surface area is 185 Å². The molecule has 0 saturated heterocycles. The zero-order valence-corrected chi connectivity index (χ0v) is 19.8. The van der Waals surface area contributed by atoms with Crippen molar-refractivity contribution in [3.05, 3.63) is 51.1 Å². The summed E-state index contributed by atoms with van der Waals surface area (Å²) in [4.78, 5) is 21.0. The number of thioether (sulfide) groups is 2. The third kappa shape index (κ3) is 4.44. The lowest BCUT2D eigenvalue weighted by Gasteiger charge is -2.28. The summed E-state index contributed by atoms with van der Waals surface area (Å²) in [6, 6.07) is 9.99. The molecule has 0 spiro atoms. The van der Waals surface area contributed by atoms with Crippen molar-refractivity contribution in [1.29, 1.82) is 0 Å². The highest BCUT2D eigenvalue weighted by atomic mass is 32.2. The molecule has 0 unspecified atom stereocenters. The summed E-state index contributed by atoms with van der Waals surface area (Å²) in [5, 5.41) is 1.67. The zero-order chi connectivity index (χ0) is 20.4. The second-order valence-electron chi connectivity index (χ2n) is 8.19. The summed E-state index contributed by atoms with van der Waals surface area (Å²) in [5.74, 6) is 1.98. The Kier molecular flexibility index (Phi) is 6.42. The number of nitrogens with zero attached hydrogens (tertiary/aromatic N) is 2. The number of thiophene rings is 1. The van der Waals surface area contributed by atoms with Gasteiger partial charge in [-0.15, -0.1) is 23.1 Å². The van der Waals surface area contributed by atoms with Crippen molar-refractivity contribution >= 4 is 45.1 Å². The van der Waals surface area contributed by atoms with E-state index in [1.54, 1.807) is 23.1 Å². The van der Waals surface area contributed by atoms with Crippen LogP contribution in [0, 0.1) is 0 Å². The van der Waals surface area contributed by atoms with Crippen molar-refractivity contribution in [1.82, 2.24) is 9.55 Å². The molecule has 0 radical (unpaired) electrons. The molecular formula is C23H28N2OS3. The molecule has 6 heteroatoms. The Balaban J connectivity index is 1.81. The van der Waals surface area contributed by atoms with E-state index < -0.39 is 0 Å². The first kappa shape index (κ1) is 21.0. The molecule has 3 aromatic rings. The van der Waals surface area contributed by atoms with Crippen LogP contribution in [-0.2, 0) is 12.2 Å². The van der Waals surface area contributed by atoms with Crippen LogP contribution in [0.4, 0.5) is 0 Å². The van der Waals surface area contributed by atoms with Crippen molar-refractivity contribution in [2.75, 3.05) is 5.75 Å². The first-order valence-corrected chi connectivity index (χ1v) is 13.2. The van der Waals surface area contributed by atoms with Crippen LogP contribution < -0.4 is 5.56 Å². The van der Waals surface area contributed by atoms with E-state index in [1.807, 2.05) is 46.7 Å². The van der Waals surface area contributed by atoms with Gasteiger partial charge in [-0.25, -0.2) is 4.98 Å². The topological polar surface area (TPSA) is 34.9 Å². The minimum atomic E-state index is 0.0949. The minimum Gasteiger partial charge on any atom is -0.268 e. The van der Waals surface area contributed by atoms with Gasteiger partial charge in [0.05, 0.1) is 11.1 Å². The summed E-state index contributed by atoms with van der Waals surface area (Å²) in [5.41, 5.74) is 2.24. The molecule has 0 saturated carbocycles. The number of benzene rings is 1. The molecule has 0 N–H and O–H groups in total. The zero-order valence-electron chi connectivity index (χ0n) is 17.4. The lowest BCUT2D eigenvalue weighted by atomic mass is 10.00. The number of unbranched alkanes of at least 4 members (excludes halogenated alkanes) is 3. The van der Waals surface area contributed by atoms with Gasteiger partial charge < -0.3 is 0 Å². The molecule has 29 heavy (non-hydrogen) atoms. The smallest absolute Gasteiger partial charge is 0.267 e. The standard InChI is InChI=1S/C23H28N2OS3/c1-4-5-6-10-13-27-22-24-20-19(17-14-23(2,3)28-15-18(17)29-20)21(26)25(22)16-11-8-7-9-12-16/h7-9,11-12H,4-6,10,13-15H2,1-3H3. The van der Waals surface area contributed by atoms with Crippen LogP contribution >= 0.6 is 34.9 Å². The molecule has 2 aromatic heterocycles. The second-order valence-corrected chi connectivity index (χ2v) is 12.0. The third-order valence-electron chi connectivity index (χ3n) is 5.32. The van der Waals surface area contributed by atoms with E-state index in [1.165, 1.54) is 29.7 Å². The monoisotopic (exact) mass is 444 g/mol. The average molecular weight is 445 g/mol. The van der Waals surface area contributed by atoms with Crippen LogP contribution in [0.1, 0.15) is 56.9 Å². The number of hydrogen-bond acceptors (Lipinski definition) is 5. The van der Waals surface area contributed by atoms with Crippen molar-refractivity contribution in [2.45, 2.75) is 68.5 Å². The van der Waals surface area contributed by atoms with Crippen molar-refractivity contribution in [3.63, 3.8) is 0 Å². The largest absolute Gasteiger partial charge is 0.268 e. The molecular weight excluding hydrogens is 416 g/mol. The minimum absolute atomic E-state index is 0.0949. The molecule has 0 aliphatic carbocycles. The van der Waals surface area contributed by atoms with E-state index in [0.29, 0.717) is 0 Å². The predicted octanol–water partition coefficient (Wildman–Crippen LogP) is 6.69. The summed E-state index contributed by atoms with van der Waals surface area (Å²) in [6.45, 7) is 6.77. The van der Waals surface area contributed by atoms with Crippen molar-refractivity contribution in [3.8, 4) is 5.69 Å². The first-order valence-electron chi connectivity index (χ1n) is 10.4. The van der Waals surface area contributed by atoms with Crippen LogP contribution in [0.15, 0.2) is 40.3 Å². The van der Waals surface area contributed by atoms with Crippen molar-refractivity contribution < 1.29 is 0 Å². The number of fused-ring (bicyclic) bond motifs is 3. The lowest BCUT2D eigenvalue weighted by Crippen LogP contribution is -2.26. The normalized spacial score (nSPS) is 15.6. The van der Waals surface area contributed by atoms with E-state index in [-0.39, 0.29) is 10.3 Å². The molecule has 3 heterocycles. The van der Waals surface area contributed by atoms with Crippen LogP contribution in [0.25, 0.3) is 15.9 Å². The van der Waals surface area contributed by atoms with E-state index in [4.69, 9.17) is 4.98 Å². The summed E-state index contributed by atoms with van der Waals surface area (Å²) < 4.78 is 2.01. The van der Waals surface area contributed by atoms with Gasteiger partial charge in [0.1, 0.15) is 4.83 Å². The maximum atomic E-state index is 13.7. The van der Waals surface area contributed by atoms with E-state index in [0.717, 1.165) is 45.4 Å². The van der Waals surface area contributed by atoms with E-state index in [2.05, 4.69) is 20.8 Å². The van der Waals surface area contributed by atoms with Crippen LogP contribution in [-0.4, -0.2) is 20.1 Å². The maximum absolute atomic E-state index is 13.7. The molecule has 0 atom stereocenters. The fourth-order valence-electron chi connectivity index (χ4n) is 3.77. The molecule has 0 amide bonds. The molecule has 4 rings (SSSR count). The maximum Gasteiger partial charge on any atom is 0.267 e. The fraction of sp³-hybridized carbons (Fsp3) is 0.478. The average Bonchev–Trinajstić information content (AvgIpc) is 3.05. The first-order chi connectivity index (χ1) is 14.0. The fourth-order valence-corrected chi connectivity index (χ4v) is 7.16. The number of hydrogen-bond donors (Lipinski definition) is 0. The van der Waals surface area contributed by atoms with Gasteiger partial charge in [0.15, 0.2) is 5.16 Å². The molecule has 1 aliphatic rings. The van der Waals surface area contributed by atoms with Gasteiger partial charge in [-0.1, -0.05) is 70.0 Å². The van der Waals surface area contributed by atoms with Gasteiger partial charge in [0, 0.05) is 21.1 Å². The van der Waals surface area contributed by atoms with Gasteiger partial charge >= 0.3 is 0 Å². The Hall–Kier alpha value is -1.24.